The minimum atomic E-state index is -0.395. The summed E-state index contributed by atoms with van der Waals surface area (Å²) in [6, 6.07) is 8.47. The molecular formula is C21H23BrN2O5. The first-order valence-electron chi connectivity index (χ1n) is 8.78. The van der Waals surface area contributed by atoms with Crippen LogP contribution in [0.25, 0.3) is 0 Å². The topological polar surface area (TPSA) is 78.4 Å². The fourth-order valence-corrected chi connectivity index (χ4v) is 2.95. The molecule has 2 aromatic rings. The highest BCUT2D eigenvalue weighted by molar-refractivity contribution is 9.10. The predicted octanol–water partition coefficient (Wildman–Crippen LogP) is 4.19. The van der Waals surface area contributed by atoms with Gasteiger partial charge < -0.3 is 18.9 Å². The monoisotopic (exact) mass is 462 g/mol. The van der Waals surface area contributed by atoms with Crippen LogP contribution in [0.1, 0.15) is 22.8 Å². The first-order chi connectivity index (χ1) is 14.0. The van der Waals surface area contributed by atoms with E-state index in [4.69, 9.17) is 18.9 Å². The molecule has 0 fully saturated rings. The number of nitrogens with one attached hydrogen (secondary N) is 1. The second-order valence-corrected chi connectivity index (χ2v) is 6.52. The second kappa shape index (κ2) is 11.1. The normalized spacial score (nSPS) is 10.5. The van der Waals surface area contributed by atoms with Gasteiger partial charge in [-0.1, -0.05) is 12.7 Å². The van der Waals surface area contributed by atoms with E-state index in [0.717, 1.165) is 5.56 Å². The molecule has 154 valence electrons. The molecule has 2 aromatic carbocycles. The van der Waals surface area contributed by atoms with Crippen molar-refractivity contribution in [1.82, 2.24) is 5.43 Å². The van der Waals surface area contributed by atoms with E-state index in [2.05, 4.69) is 33.0 Å². The number of hydrazone groups is 1. The van der Waals surface area contributed by atoms with Crippen LogP contribution in [0.15, 0.2) is 52.6 Å². The average Bonchev–Trinajstić information content (AvgIpc) is 2.72. The molecule has 1 amide bonds. The number of benzene rings is 2. The standard InChI is InChI=1S/C21H23BrN2O5/c1-5-7-29-20-18(22)8-14(9-19(20)28-6-2)13-23-24-21(25)15-10-16(26-3)12-17(11-15)27-4/h5,8-13H,1,6-7H2,2-4H3,(H,24,25)/b23-13-. The quantitative estimate of drug-likeness (QED) is 0.325. The molecule has 7 nitrogen and oxygen atoms in total. The van der Waals surface area contributed by atoms with E-state index < -0.39 is 5.91 Å². The van der Waals surface area contributed by atoms with Gasteiger partial charge in [0.05, 0.1) is 31.5 Å². The first kappa shape index (κ1) is 22.3. The lowest BCUT2D eigenvalue weighted by atomic mass is 10.2. The van der Waals surface area contributed by atoms with Gasteiger partial charge in [0.2, 0.25) is 0 Å². The molecule has 0 unspecified atom stereocenters. The van der Waals surface area contributed by atoms with Gasteiger partial charge in [0.15, 0.2) is 11.5 Å². The second-order valence-electron chi connectivity index (χ2n) is 5.66. The molecule has 29 heavy (non-hydrogen) atoms. The van der Waals surface area contributed by atoms with Gasteiger partial charge in [-0.05, 0) is 52.7 Å². The smallest absolute Gasteiger partial charge is 0.271 e. The molecule has 8 heteroatoms. The Hall–Kier alpha value is -3.00. The minimum Gasteiger partial charge on any atom is -0.497 e. The lowest BCUT2D eigenvalue weighted by Crippen LogP contribution is -2.17. The molecule has 1 N–H and O–H groups in total. The SMILES string of the molecule is C=CCOc1c(Br)cc(/C=N\NC(=O)c2cc(OC)cc(OC)c2)cc1OCC. The number of hydrogen-bond acceptors (Lipinski definition) is 6. The molecule has 2 rings (SSSR count). The van der Waals surface area contributed by atoms with Crippen molar-refractivity contribution in [2.75, 3.05) is 27.4 Å². The van der Waals surface area contributed by atoms with Crippen molar-refractivity contribution in [3.63, 3.8) is 0 Å². The number of methoxy groups -OCH3 is 2. The van der Waals surface area contributed by atoms with E-state index in [1.807, 2.05) is 13.0 Å². The van der Waals surface area contributed by atoms with Crippen LogP contribution in [0.3, 0.4) is 0 Å². The average molecular weight is 463 g/mol. The van der Waals surface area contributed by atoms with Crippen molar-refractivity contribution in [2.24, 2.45) is 5.10 Å². The maximum Gasteiger partial charge on any atom is 0.271 e. The summed E-state index contributed by atoms with van der Waals surface area (Å²) in [6.45, 7) is 6.36. The van der Waals surface area contributed by atoms with Crippen molar-refractivity contribution in [1.29, 1.82) is 0 Å². The summed E-state index contributed by atoms with van der Waals surface area (Å²) < 4.78 is 22.3. The maximum atomic E-state index is 12.4. The summed E-state index contributed by atoms with van der Waals surface area (Å²) in [5.41, 5.74) is 3.57. The van der Waals surface area contributed by atoms with E-state index in [1.54, 1.807) is 30.3 Å². The summed E-state index contributed by atoms with van der Waals surface area (Å²) in [5, 5.41) is 4.02. The minimum absolute atomic E-state index is 0.353. The van der Waals surface area contributed by atoms with Crippen molar-refractivity contribution in [3.8, 4) is 23.0 Å². The van der Waals surface area contributed by atoms with Gasteiger partial charge in [-0.15, -0.1) is 0 Å². The highest BCUT2D eigenvalue weighted by Crippen LogP contribution is 2.36. The third kappa shape index (κ3) is 6.25. The number of ether oxygens (including phenoxy) is 4. The van der Waals surface area contributed by atoms with Gasteiger partial charge in [0.25, 0.3) is 5.91 Å². The summed E-state index contributed by atoms with van der Waals surface area (Å²) in [7, 11) is 3.04. The Morgan fingerprint density at radius 2 is 1.83 bits per heavy atom. The maximum absolute atomic E-state index is 12.4. The van der Waals surface area contributed by atoms with Gasteiger partial charge in [-0.25, -0.2) is 5.43 Å². The zero-order valence-corrected chi connectivity index (χ0v) is 18.1. The van der Waals surface area contributed by atoms with Crippen molar-refractivity contribution in [2.45, 2.75) is 6.92 Å². The molecule has 0 saturated heterocycles. The fraction of sp³-hybridized carbons (Fsp3) is 0.238. The van der Waals surface area contributed by atoms with Gasteiger partial charge >= 0.3 is 0 Å². The summed E-state index contributed by atoms with van der Waals surface area (Å²) in [5.74, 6) is 1.77. The Morgan fingerprint density at radius 3 is 2.41 bits per heavy atom. The Morgan fingerprint density at radius 1 is 1.14 bits per heavy atom. The van der Waals surface area contributed by atoms with Crippen LogP contribution in [-0.4, -0.2) is 39.6 Å². The fourth-order valence-electron chi connectivity index (χ4n) is 2.38. The molecule has 0 spiro atoms. The Labute approximate surface area is 178 Å². The Bertz CT molecular complexity index is 877. The first-order valence-corrected chi connectivity index (χ1v) is 9.58. The lowest BCUT2D eigenvalue weighted by molar-refractivity contribution is 0.0954. The zero-order chi connectivity index (χ0) is 21.2. The van der Waals surface area contributed by atoms with Crippen LogP contribution in [0, 0.1) is 0 Å². The van der Waals surface area contributed by atoms with Crippen LogP contribution < -0.4 is 24.4 Å². The molecule has 0 radical (unpaired) electrons. The van der Waals surface area contributed by atoms with Crippen LogP contribution in [0.2, 0.25) is 0 Å². The van der Waals surface area contributed by atoms with E-state index in [-0.39, 0.29) is 0 Å². The largest absolute Gasteiger partial charge is 0.497 e. The number of rotatable bonds is 10. The van der Waals surface area contributed by atoms with Crippen LogP contribution in [0.5, 0.6) is 23.0 Å². The van der Waals surface area contributed by atoms with E-state index in [0.29, 0.717) is 46.2 Å². The lowest BCUT2D eigenvalue weighted by Gasteiger charge is -2.13. The summed E-state index contributed by atoms with van der Waals surface area (Å²) in [4.78, 5) is 12.4. The van der Waals surface area contributed by atoms with Crippen molar-refractivity contribution < 1.29 is 23.7 Å². The van der Waals surface area contributed by atoms with Crippen molar-refractivity contribution in [3.05, 3.63) is 58.6 Å². The molecule has 0 aliphatic carbocycles. The highest BCUT2D eigenvalue weighted by atomic mass is 79.9. The van der Waals surface area contributed by atoms with Crippen LogP contribution in [0.4, 0.5) is 0 Å². The summed E-state index contributed by atoms with van der Waals surface area (Å²) >= 11 is 3.47. The van der Waals surface area contributed by atoms with Crippen LogP contribution in [-0.2, 0) is 0 Å². The number of amides is 1. The number of hydrogen-bond donors (Lipinski definition) is 1. The number of carbonyl (C=O) groups is 1. The van der Waals surface area contributed by atoms with E-state index in [1.165, 1.54) is 20.4 Å². The molecule has 0 heterocycles. The number of halogens is 1. The molecule has 0 bridgehead atoms. The third-order valence-electron chi connectivity index (χ3n) is 3.67. The van der Waals surface area contributed by atoms with Gasteiger partial charge in [0, 0.05) is 11.6 Å². The third-order valence-corrected chi connectivity index (χ3v) is 4.26. The molecule has 0 saturated carbocycles. The van der Waals surface area contributed by atoms with Gasteiger partial charge in [-0.2, -0.15) is 5.10 Å². The van der Waals surface area contributed by atoms with Gasteiger partial charge in [-0.3, -0.25) is 4.79 Å². The van der Waals surface area contributed by atoms with Crippen molar-refractivity contribution >= 4 is 28.1 Å². The molecule has 0 aliphatic heterocycles. The molecule has 0 aliphatic rings. The Kier molecular flexibility index (Phi) is 8.54. The summed E-state index contributed by atoms with van der Waals surface area (Å²) in [6.07, 6.45) is 3.17. The highest BCUT2D eigenvalue weighted by Gasteiger charge is 2.12. The van der Waals surface area contributed by atoms with Gasteiger partial charge in [0.1, 0.15) is 18.1 Å². The number of nitrogens with zero attached hydrogens (tertiary/aromatic N) is 1. The molecular weight excluding hydrogens is 440 g/mol. The van der Waals surface area contributed by atoms with Crippen LogP contribution >= 0.6 is 15.9 Å². The Balaban J connectivity index is 2.17. The zero-order valence-electron chi connectivity index (χ0n) is 16.5. The van der Waals surface area contributed by atoms with E-state index in [9.17, 15) is 4.79 Å². The van der Waals surface area contributed by atoms with E-state index >= 15 is 0 Å². The predicted molar refractivity (Wildman–Crippen MR) is 116 cm³/mol. The molecule has 0 atom stereocenters. The number of carbonyl (C=O) groups excluding carboxylic acids is 1. The molecule has 0 aromatic heterocycles.